The van der Waals surface area contributed by atoms with Crippen molar-refractivity contribution in [3.63, 3.8) is 0 Å². The standard InChI is InChI=1S/C35H40F4N2O2/c1-3-31(42)34(15-16-35(37,38)39)14-13-29-27-20-30(36)26-19-23(40-43)9-12-25(26)32(27)28(21-33(29,34)2)22-7-10-24(11-8-22)41-17-5-4-6-18-41/h7-8,10-11,19,27-30,43H,3-6,9,12-14,17-18,20-21H2,1-2H3/b40-23+/t27-,28+,29-,30?,33-,34-/m0/s1. The molecule has 1 aromatic rings. The van der Waals surface area contributed by atoms with Gasteiger partial charge in [0.2, 0.25) is 0 Å². The Balaban J connectivity index is 1.51. The van der Waals surface area contributed by atoms with Gasteiger partial charge in [-0.05, 0) is 110 Å². The fourth-order valence-corrected chi connectivity index (χ4v) is 9.33. The molecule has 8 heteroatoms. The lowest BCUT2D eigenvalue weighted by Gasteiger charge is -2.55. The number of nitrogens with zero attached hydrogens (tertiary/aromatic N) is 2. The number of ketones is 1. The van der Waals surface area contributed by atoms with Crippen LogP contribution in [0.15, 0.2) is 52.2 Å². The summed E-state index contributed by atoms with van der Waals surface area (Å²) in [5.74, 6) is 3.23. The van der Waals surface area contributed by atoms with E-state index in [0.29, 0.717) is 37.0 Å². The van der Waals surface area contributed by atoms with E-state index < -0.39 is 23.2 Å². The molecule has 2 saturated carbocycles. The number of carbonyl (C=O) groups excluding carboxylic acids is 1. The molecule has 1 saturated heterocycles. The summed E-state index contributed by atoms with van der Waals surface area (Å²) < 4.78 is 56.5. The molecule has 4 nitrogen and oxygen atoms in total. The van der Waals surface area contributed by atoms with E-state index in [-0.39, 0.29) is 42.8 Å². The number of Topliss-reactive ketones (excluding diaryl/α,β-unsaturated/α-hetero) is 1. The SMILES string of the molecule is CCC(=O)[C@@]1(C#CC(F)(F)F)CC[C@H]2[C@@H]3CC(F)C4=C/C(=N/O)CCC4=C3[C@@H](c3ccc(N4CCCCC4)cc3)C[C@@]21C. The number of hydrogen-bond acceptors (Lipinski definition) is 4. The maximum atomic E-state index is 16.0. The summed E-state index contributed by atoms with van der Waals surface area (Å²) in [6, 6.07) is 8.51. The van der Waals surface area contributed by atoms with E-state index in [1.54, 1.807) is 13.0 Å². The first-order valence-electron chi connectivity index (χ1n) is 15.8. The van der Waals surface area contributed by atoms with Crippen LogP contribution in [0.3, 0.4) is 0 Å². The number of fused-ring (bicyclic) bond motifs is 4. The van der Waals surface area contributed by atoms with Crippen LogP contribution in [0.4, 0.5) is 23.2 Å². The van der Waals surface area contributed by atoms with Gasteiger partial charge in [0.05, 0.1) is 11.1 Å². The molecule has 6 atom stereocenters. The van der Waals surface area contributed by atoms with E-state index in [9.17, 15) is 23.2 Å². The van der Waals surface area contributed by atoms with Crippen molar-refractivity contribution in [1.29, 1.82) is 0 Å². The van der Waals surface area contributed by atoms with E-state index >= 15 is 4.39 Å². The smallest absolute Gasteiger partial charge is 0.411 e. The first kappa shape index (κ1) is 30.0. The van der Waals surface area contributed by atoms with E-state index in [2.05, 4.69) is 40.2 Å². The number of piperidine rings is 1. The van der Waals surface area contributed by atoms with E-state index in [1.165, 1.54) is 12.3 Å². The lowest BCUT2D eigenvalue weighted by molar-refractivity contribution is -0.132. The van der Waals surface area contributed by atoms with Gasteiger partial charge in [-0.2, -0.15) is 13.2 Å². The van der Waals surface area contributed by atoms with Crippen LogP contribution in [0.1, 0.15) is 89.5 Å². The molecule has 1 aliphatic heterocycles. The maximum Gasteiger partial charge on any atom is 0.457 e. The Morgan fingerprint density at radius 2 is 1.86 bits per heavy atom. The largest absolute Gasteiger partial charge is 0.457 e. The molecule has 230 valence electrons. The van der Waals surface area contributed by atoms with Crippen molar-refractivity contribution in [2.75, 3.05) is 18.0 Å². The molecule has 43 heavy (non-hydrogen) atoms. The third-order valence-corrected chi connectivity index (χ3v) is 11.3. The van der Waals surface area contributed by atoms with Crippen molar-refractivity contribution in [1.82, 2.24) is 0 Å². The highest BCUT2D eigenvalue weighted by Gasteiger charge is 2.65. The van der Waals surface area contributed by atoms with E-state index in [1.807, 2.05) is 6.92 Å². The third kappa shape index (κ3) is 5.01. The molecule has 1 aromatic carbocycles. The van der Waals surface area contributed by atoms with E-state index in [0.717, 1.165) is 48.3 Å². The Labute approximate surface area is 251 Å². The van der Waals surface area contributed by atoms with Crippen LogP contribution in [0, 0.1) is 34.5 Å². The number of halogens is 4. The Kier molecular flexibility index (Phi) is 7.75. The molecule has 0 spiro atoms. The first-order chi connectivity index (χ1) is 20.5. The number of hydrogen-bond donors (Lipinski definition) is 1. The highest BCUT2D eigenvalue weighted by atomic mass is 19.4. The predicted molar refractivity (Wildman–Crippen MR) is 159 cm³/mol. The number of alkyl halides is 4. The normalized spacial score (nSPS) is 35.0. The van der Waals surface area contributed by atoms with Crippen LogP contribution in [0.5, 0.6) is 0 Å². The minimum absolute atomic E-state index is 0.102. The second-order valence-corrected chi connectivity index (χ2v) is 13.3. The summed E-state index contributed by atoms with van der Waals surface area (Å²) in [6.45, 7) is 5.68. The summed E-state index contributed by atoms with van der Waals surface area (Å²) in [5, 5.41) is 12.8. The average Bonchev–Trinajstić information content (AvgIpc) is 3.32. The Hall–Kier alpha value is -3.08. The Morgan fingerprint density at radius 1 is 1.14 bits per heavy atom. The molecule has 1 unspecified atom stereocenters. The van der Waals surface area contributed by atoms with Crippen molar-refractivity contribution in [3.8, 4) is 11.8 Å². The fraction of sp³-hybridized carbons (Fsp3) is 0.600. The van der Waals surface area contributed by atoms with Gasteiger partial charge < -0.3 is 10.1 Å². The lowest BCUT2D eigenvalue weighted by Crippen LogP contribution is -2.51. The summed E-state index contributed by atoms with van der Waals surface area (Å²) in [6.07, 6.45) is 1.86. The molecule has 1 heterocycles. The molecular weight excluding hydrogens is 556 g/mol. The number of oxime groups is 1. The van der Waals surface area contributed by atoms with Crippen molar-refractivity contribution in [3.05, 3.63) is 52.6 Å². The van der Waals surface area contributed by atoms with Crippen LogP contribution >= 0.6 is 0 Å². The molecule has 0 bridgehead atoms. The van der Waals surface area contributed by atoms with Gasteiger partial charge in [-0.3, -0.25) is 4.79 Å². The van der Waals surface area contributed by atoms with Gasteiger partial charge in [0.15, 0.2) is 5.78 Å². The zero-order valence-corrected chi connectivity index (χ0v) is 24.9. The zero-order chi connectivity index (χ0) is 30.6. The molecule has 0 amide bonds. The van der Waals surface area contributed by atoms with Gasteiger partial charge in [-0.1, -0.05) is 42.6 Å². The summed E-state index contributed by atoms with van der Waals surface area (Å²) >= 11 is 0. The number of benzene rings is 1. The van der Waals surface area contributed by atoms with Gasteiger partial charge >= 0.3 is 6.18 Å². The van der Waals surface area contributed by atoms with Crippen LogP contribution < -0.4 is 4.90 Å². The first-order valence-corrected chi connectivity index (χ1v) is 15.8. The lowest BCUT2D eigenvalue weighted by atomic mass is 9.48. The van der Waals surface area contributed by atoms with E-state index in [4.69, 9.17) is 0 Å². The van der Waals surface area contributed by atoms with Crippen molar-refractivity contribution >= 4 is 17.2 Å². The number of rotatable bonds is 4. The van der Waals surface area contributed by atoms with Crippen molar-refractivity contribution in [2.24, 2.45) is 27.8 Å². The van der Waals surface area contributed by atoms with Crippen LogP contribution in [0.25, 0.3) is 0 Å². The Bertz CT molecular complexity index is 1430. The molecule has 3 fully saturated rings. The monoisotopic (exact) mass is 596 g/mol. The molecule has 0 aromatic heterocycles. The summed E-state index contributed by atoms with van der Waals surface area (Å²) in [5.41, 5.74) is 3.05. The molecule has 6 rings (SSSR count). The predicted octanol–water partition coefficient (Wildman–Crippen LogP) is 8.32. The number of allylic oxidation sites excluding steroid dienone is 4. The second-order valence-electron chi connectivity index (χ2n) is 13.3. The number of carbonyl (C=O) groups is 1. The highest BCUT2D eigenvalue weighted by molar-refractivity contribution is 5.97. The maximum absolute atomic E-state index is 16.0. The third-order valence-electron chi connectivity index (χ3n) is 11.3. The summed E-state index contributed by atoms with van der Waals surface area (Å²) in [4.78, 5) is 16.1. The minimum atomic E-state index is -4.70. The van der Waals surface area contributed by atoms with Gasteiger partial charge in [0.25, 0.3) is 0 Å². The van der Waals surface area contributed by atoms with Crippen molar-refractivity contribution in [2.45, 2.75) is 96.3 Å². The van der Waals surface area contributed by atoms with Gasteiger partial charge in [0, 0.05) is 37.0 Å². The quantitative estimate of drug-likeness (QED) is 0.165. The fourth-order valence-electron chi connectivity index (χ4n) is 9.33. The summed E-state index contributed by atoms with van der Waals surface area (Å²) in [7, 11) is 0. The van der Waals surface area contributed by atoms with Crippen LogP contribution in [-0.2, 0) is 4.79 Å². The Morgan fingerprint density at radius 3 is 2.51 bits per heavy atom. The average molecular weight is 597 g/mol. The van der Waals surface area contributed by atoms with Gasteiger partial charge in [-0.15, -0.1) is 0 Å². The molecule has 5 aliphatic rings. The minimum Gasteiger partial charge on any atom is -0.411 e. The second kappa shape index (κ2) is 11.1. The number of anilines is 1. The van der Waals surface area contributed by atoms with Gasteiger partial charge in [-0.25, -0.2) is 4.39 Å². The molecule has 1 N–H and O–H groups in total. The zero-order valence-electron chi connectivity index (χ0n) is 24.9. The van der Waals surface area contributed by atoms with Gasteiger partial charge in [0.1, 0.15) is 6.17 Å². The van der Waals surface area contributed by atoms with Crippen LogP contribution in [-0.4, -0.2) is 42.1 Å². The molecule has 0 radical (unpaired) electrons. The topological polar surface area (TPSA) is 52.9 Å². The molecule has 4 aliphatic carbocycles. The highest BCUT2D eigenvalue weighted by Crippen LogP contribution is 2.70. The van der Waals surface area contributed by atoms with Crippen LogP contribution in [0.2, 0.25) is 0 Å². The van der Waals surface area contributed by atoms with Crippen molar-refractivity contribution < 1.29 is 27.6 Å². The molecular formula is C35H40F4N2O2.